The fourth-order valence-electron chi connectivity index (χ4n) is 2.42. The van der Waals surface area contributed by atoms with E-state index in [0.717, 1.165) is 34.5 Å². The van der Waals surface area contributed by atoms with Crippen LogP contribution in [0.15, 0.2) is 48.5 Å². The second-order valence-electron chi connectivity index (χ2n) is 5.40. The van der Waals surface area contributed by atoms with Crippen molar-refractivity contribution in [1.29, 1.82) is 0 Å². The monoisotopic (exact) mass is 423 g/mol. The van der Waals surface area contributed by atoms with E-state index in [0.29, 0.717) is 12.2 Å². The first-order valence-electron chi connectivity index (χ1n) is 7.63. The highest BCUT2D eigenvalue weighted by molar-refractivity contribution is 14.1. The molecule has 1 N–H and O–H groups in total. The molecule has 0 bridgehead atoms. The molecule has 2 aromatic rings. The van der Waals surface area contributed by atoms with Crippen LogP contribution in [-0.2, 0) is 4.74 Å². The summed E-state index contributed by atoms with van der Waals surface area (Å²) >= 11 is 2.20. The van der Waals surface area contributed by atoms with E-state index in [1.165, 1.54) is 0 Å². The number of ether oxygens (including phenoxy) is 2. The number of benzene rings is 2. The average molecular weight is 423 g/mol. The SMILES string of the molecule is O=C(Nc1ccccc1I)c1ccc(OC[C@@H]2CCCO2)cc1. The van der Waals surface area contributed by atoms with Gasteiger partial charge in [0, 0.05) is 15.7 Å². The lowest BCUT2D eigenvalue weighted by Crippen LogP contribution is -2.16. The zero-order chi connectivity index (χ0) is 16.1. The van der Waals surface area contributed by atoms with Crippen molar-refractivity contribution in [3.8, 4) is 5.75 Å². The summed E-state index contributed by atoms with van der Waals surface area (Å²) in [6.45, 7) is 1.39. The lowest BCUT2D eigenvalue weighted by Gasteiger charge is -2.12. The summed E-state index contributed by atoms with van der Waals surface area (Å²) in [6, 6.07) is 14.9. The van der Waals surface area contributed by atoms with Crippen molar-refractivity contribution in [2.75, 3.05) is 18.5 Å². The van der Waals surface area contributed by atoms with Gasteiger partial charge in [-0.05, 0) is 71.8 Å². The van der Waals surface area contributed by atoms with Gasteiger partial charge in [0.1, 0.15) is 12.4 Å². The van der Waals surface area contributed by atoms with Gasteiger partial charge < -0.3 is 14.8 Å². The highest BCUT2D eigenvalue weighted by Gasteiger charge is 2.16. The molecule has 1 aliphatic rings. The Morgan fingerprint density at radius 1 is 1.22 bits per heavy atom. The third-order valence-electron chi connectivity index (χ3n) is 3.70. The van der Waals surface area contributed by atoms with E-state index < -0.39 is 0 Å². The van der Waals surface area contributed by atoms with Gasteiger partial charge in [-0.3, -0.25) is 4.79 Å². The Balaban J connectivity index is 1.57. The molecule has 1 heterocycles. The highest BCUT2D eigenvalue weighted by Crippen LogP contribution is 2.20. The Morgan fingerprint density at radius 3 is 2.70 bits per heavy atom. The molecule has 4 nitrogen and oxygen atoms in total. The van der Waals surface area contributed by atoms with Crippen LogP contribution in [0.3, 0.4) is 0 Å². The first kappa shape index (κ1) is 16.3. The number of carbonyl (C=O) groups excluding carboxylic acids is 1. The number of hydrogen-bond acceptors (Lipinski definition) is 3. The molecule has 1 atom stereocenters. The first-order chi connectivity index (χ1) is 11.2. The summed E-state index contributed by atoms with van der Waals surface area (Å²) in [7, 11) is 0. The zero-order valence-corrected chi connectivity index (χ0v) is 14.8. The van der Waals surface area contributed by atoms with E-state index in [2.05, 4.69) is 27.9 Å². The van der Waals surface area contributed by atoms with E-state index in [1.807, 2.05) is 36.4 Å². The maximum absolute atomic E-state index is 12.3. The predicted octanol–water partition coefficient (Wildman–Crippen LogP) is 4.10. The van der Waals surface area contributed by atoms with Crippen LogP contribution in [0.25, 0.3) is 0 Å². The molecule has 1 aliphatic heterocycles. The van der Waals surface area contributed by atoms with Gasteiger partial charge in [0.05, 0.1) is 11.8 Å². The van der Waals surface area contributed by atoms with Crippen LogP contribution < -0.4 is 10.1 Å². The van der Waals surface area contributed by atoms with E-state index in [1.54, 1.807) is 12.1 Å². The van der Waals surface area contributed by atoms with Crippen molar-refractivity contribution in [2.45, 2.75) is 18.9 Å². The maximum Gasteiger partial charge on any atom is 0.255 e. The molecule has 0 aromatic heterocycles. The van der Waals surface area contributed by atoms with Crippen molar-refractivity contribution in [1.82, 2.24) is 0 Å². The molecule has 1 saturated heterocycles. The number of nitrogens with one attached hydrogen (secondary N) is 1. The minimum absolute atomic E-state index is 0.125. The molecule has 0 radical (unpaired) electrons. The third kappa shape index (κ3) is 4.45. The van der Waals surface area contributed by atoms with Crippen molar-refractivity contribution in [3.63, 3.8) is 0 Å². The Morgan fingerprint density at radius 2 is 2.00 bits per heavy atom. The number of para-hydroxylation sites is 1. The number of hydrogen-bond donors (Lipinski definition) is 1. The largest absolute Gasteiger partial charge is 0.491 e. The van der Waals surface area contributed by atoms with E-state index in [9.17, 15) is 4.79 Å². The fraction of sp³-hybridized carbons (Fsp3) is 0.278. The molecule has 1 fully saturated rings. The molecular formula is C18H18INO3. The van der Waals surface area contributed by atoms with Crippen LogP contribution in [0, 0.1) is 3.57 Å². The quantitative estimate of drug-likeness (QED) is 0.737. The standard InChI is InChI=1S/C18H18INO3/c19-16-5-1-2-6-17(16)20-18(21)13-7-9-14(10-8-13)23-12-15-4-3-11-22-15/h1-2,5-10,15H,3-4,11-12H2,(H,20,21)/t15-/m0/s1. The first-order valence-corrected chi connectivity index (χ1v) is 8.70. The van der Waals surface area contributed by atoms with Crippen LogP contribution >= 0.6 is 22.6 Å². The Bertz CT molecular complexity index is 666. The van der Waals surface area contributed by atoms with Gasteiger partial charge in [0.15, 0.2) is 0 Å². The van der Waals surface area contributed by atoms with Gasteiger partial charge >= 0.3 is 0 Å². The maximum atomic E-state index is 12.3. The summed E-state index contributed by atoms with van der Waals surface area (Å²) in [5.74, 6) is 0.631. The predicted molar refractivity (Wildman–Crippen MR) is 98.0 cm³/mol. The molecule has 5 heteroatoms. The minimum Gasteiger partial charge on any atom is -0.491 e. The number of anilines is 1. The van der Waals surface area contributed by atoms with Crippen LogP contribution in [-0.4, -0.2) is 25.2 Å². The van der Waals surface area contributed by atoms with E-state index in [4.69, 9.17) is 9.47 Å². The normalized spacial score (nSPS) is 17.0. The van der Waals surface area contributed by atoms with Gasteiger partial charge in [-0.15, -0.1) is 0 Å². The van der Waals surface area contributed by atoms with E-state index >= 15 is 0 Å². The second kappa shape index (κ2) is 7.79. The lowest BCUT2D eigenvalue weighted by molar-refractivity contribution is 0.0679. The van der Waals surface area contributed by atoms with Crippen molar-refractivity contribution < 1.29 is 14.3 Å². The van der Waals surface area contributed by atoms with Crippen molar-refractivity contribution in [3.05, 3.63) is 57.7 Å². The fourth-order valence-corrected chi connectivity index (χ4v) is 2.95. The van der Waals surface area contributed by atoms with Gasteiger partial charge in [-0.25, -0.2) is 0 Å². The topological polar surface area (TPSA) is 47.6 Å². The Hall–Kier alpha value is -1.60. The third-order valence-corrected chi connectivity index (χ3v) is 4.64. The molecule has 23 heavy (non-hydrogen) atoms. The molecular weight excluding hydrogens is 405 g/mol. The molecule has 3 rings (SSSR count). The number of rotatable bonds is 5. The van der Waals surface area contributed by atoms with Crippen molar-refractivity contribution in [2.24, 2.45) is 0 Å². The molecule has 0 saturated carbocycles. The summed E-state index contributed by atoms with van der Waals surface area (Å²) < 4.78 is 12.2. The van der Waals surface area contributed by atoms with Crippen LogP contribution in [0.4, 0.5) is 5.69 Å². The number of amides is 1. The summed E-state index contributed by atoms with van der Waals surface area (Å²) in [4.78, 5) is 12.3. The Labute approximate surface area is 149 Å². The minimum atomic E-state index is -0.125. The van der Waals surface area contributed by atoms with Crippen molar-refractivity contribution >= 4 is 34.2 Å². The zero-order valence-electron chi connectivity index (χ0n) is 12.6. The summed E-state index contributed by atoms with van der Waals surface area (Å²) in [6.07, 6.45) is 2.35. The lowest BCUT2D eigenvalue weighted by atomic mass is 10.2. The average Bonchev–Trinajstić information content (AvgIpc) is 3.09. The second-order valence-corrected chi connectivity index (χ2v) is 6.57. The number of carbonyl (C=O) groups is 1. The smallest absolute Gasteiger partial charge is 0.255 e. The van der Waals surface area contributed by atoms with Crippen LogP contribution in [0.1, 0.15) is 23.2 Å². The molecule has 0 aliphatic carbocycles. The molecule has 1 amide bonds. The Kier molecular flexibility index (Phi) is 5.51. The molecule has 0 spiro atoms. The van der Waals surface area contributed by atoms with Gasteiger partial charge in [0.25, 0.3) is 5.91 Å². The summed E-state index contributed by atoms with van der Waals surface area (Å²) in [5, 5.41) is 2.92. The molecule has 120 valence electrons. The van der Waals surface area contributed by atoms with Crippen LogP contribution in [0.2, 0.25) is 0 Å². The number of halogens is 1. The highest BCUT2D eigenvalue weighted by atomic mass is 127. The van der Waals surface area contributed by atoms with Gasteiger partial charge in [-0.2, -0.15) is 0 Å². The molecule has 2 aromatic carbocycles. The van der Waals surface area contributed by atoms with E-state index in [-0.39, 0.29) is 12.0 Å². The summed E-state index contributed by atoms with van der Waals surface area (Å²) in [5.41, 5.74) is 1.42. The van der Waals surface area contributed by atoms with Gasteiger partial charge in [-0.1, -0.05) is 12.1 Å². The van der Waals surface area contributed by atoms with Crippen LogP contribution in [0.5, 0.6) is 5.75 Å². The van der Waals surface area contributed by atoms with Gasteiger partial charge in [0.2, 0.25) is 0 Å². The molecule has 0 unspecified atom stereocenters.